The quantitative estimate of drug-likeness (QED) is 0.725. The van der Waals surface area contributed by atoms with Gasteiger partial charge in [-0.25, -0.2) is 9.97 Å². The number of nitrogens with one attached hydrogen (secondary N) is 2. The molecule has 1 aromatic rings. The predicted octanol–water partition coefficient (Wildman–Crippen LogP) is 1.51. The van der Waals surface area contributed by atoms with Crippen LogP contribution in [0.25, 0.3) is 0 Å². The summed E-state index contributed by atoms with van der Waals surface area (Å²) in [7, 11) is 0. The zero-order valence-electron chi connectivity index (χ0n) is 12.0. The van der Waals surface area contributed by atoms with E-state index in [1.54, 1.807) is 0 Å². The number of rotatable bonds is 6. The van der Waals surface area contributed by atoms with Crippen LogP contribution in [0.1, 0.15) is 45.6 Å². The first kappa shape index (κ1) is 15.2. The van der Waals surface area contributed by atoms with Crippen molar-refractivity contribution in [1.29, 1.82) is 0 Å². The summed E-state index contributed by atoms with van der Waals surface area (Å²) in [6.07, 6.45) is 1.83. The second kappa shape index (κ2) is 6.92. The van der Waals surface area contributed by atoms with Crippen LogP contribution in [0.5, 0.6) is 0 Å². The summed E-state index contributed by atoms with van der Waals surface area (Å²) in [5.41, 5.74) is 6.74. The smallest absolute Gasteiger partial charge is 0.221 e. The summed E-state index contributed by atoms with van der Waals surface area (Å²) < 4.78 is 0. The Bertz CT molecular complexity index is 431. The van der Waals surface area contributed by atoms with Crippen molar-refractivity contribution in [3.8, 4) is 0 Å². The second-order valence-electron chi connectivity index (χ2n) is 5.07. The van der Waals surface area contributed by atoms with Crippen LogP contribution in [0.2, 0.25) is 0 Å². The number of nitrogens with zero attached hydrogens (tertiary/aromatic N) is 2. The first-order valence-corrected chi connectivity index (χ1v) is 6.55. The number of aromatic nitrogens is 2. The minimum Gasteiger partial charge on any atom is -0.383 e. The topological polar surface area (TPSA) is 92.9 Å². The molecule has 1 rings (SSSR count). The zero-order chi connectivity index (χ0) is 14.4. The molecule has 1 aromatic heterocycles. The van der Waals surface area contributed by atoms with Gasteiger partial charge in [0.25, 0.3) is 0 Å². The number of carbonyl (C=O) groups is 1. The van der Waals surface area contributed by atoms with Crippen molar-refractivity contribution in [2.24, 2.45) is 0 Å². The summed E-state index contributed by atoms with van der Waals surface area (Å²) in [4.78, 5) is 19.7. The van der Waals surface area contributed by atoms with E-state index in [4.69, 9.17) is 5.73 Å². The van der Waals surface area contributed by atoms with E-state index in [-0.39, 0.29) is 17.9 Å². The van der Waals surface area contributed by atoms with E-state index in [0.717, 1.165) is 5.56 Å². The number of carbonyl (C=O) groups excluding carboxylic acids is 1. The fourth-order valence-electron chi connectivity index (χ4n) is 1.81. The van der Waals surface area contributed by atoms with Gasteiger partial charge in [-0.15, -0.1) is 0 Å². The number of hydrogen-bond acceptors (Lipinski definition) is 5. The highest BCUT2D eigenvalue weighted by Gasteiger charge is 2.12. The Kier molecular flexibility index (Phi) is 5.54. The fraction of sp³-hybridized carbons (Fsp3) is 0.615. The van der Waals surface area contributed by atoms with Gasteiger partial charge in [0, 0.05) is 24.6 Å². The van der Waals surface area contributed by atoms with Crippen LogP contribution in [0.4, 0.5) is 11.6 Å². The molecule has 0 fully saturated rings. The molecule has 0 saturated heterocycles. The van der Waals surface area contributed by atoms with Gasteiger partial charge in [-0.1, -0.05) is 13.8 Å². The van der Waals surface area contributed by atoms with Crippen LogP contribution in [0, 0.1) is 0 Å². The molecule has 0 bridgehead atoms. The third kappa shape index (κ3) is 4.73. The van der Waals surface area contributed by atoms with Crippen molar-refractivity contribution >= 4 is 17.5 Å². The monoisotopic (exact) mass is 265 g/mol. The number of nitrogens with two attached hydrogens (primary N) is 1. The average molecular weight is 265 g/mol. The molecule has 0 spiro atoms. The van der Waals surface area contributed by atoms with E-state index in [9.17, 15) is 4.79 Å². The summed E-state index contributed by atoms with van der Waals surface area (Å²) in [5, 5.41) is 5.99. The van der Waals surface area contributed by atoms with Crippen LogP contribution in [0.15, 0.2) is 6.33 Å². The molecule has 0 saturated carbocycles. The Morgan fingerprint density at radius 3 is 2.58 bits per heavy atom. The van der Waals surface area contributed by atoms with Crippen LogP contribution in [0.3, 0.4) is 0 Å². The Labute approximate surface area is 114 Å². The summed E-state index contributed by atoms with van der Waals surface area (Å²) in [6, 6.07) is 0.161. The molecule has 0 aromatic carbocycles. The van der Waals surface area contributed by atoms with Crippen LogP contribution in [-0.2, 0) is 4.79 Å². The maximum absolute atomic E-state index is 11.5. The third-order valence-corrected chi connectivity index (χ3v) is 2.59. The van der Waals surface area contributed by atoms with Crippen LogP contribution in [-0.4, -0.2) is 28.5 Å². The first-order valence-electron chi connectivity index (χ1n) is 6.55. The Morgan fingerprint density at radius 2 is 2.00 bits per heavy atom. The molecular formula is C13H23N5O. The molecule has 0 aliphatic heterocycles. The summed E-state index contributed by atoms with van der Waals surface area (Å²) in [5.74, 6) is 1.45. The van der Waals surface area contributed by atoms with Crippen molar-refractivity contribution in [1.82, 2.24) is 15.3 Å². The van der Waals surface area contributed by atoms with Crippen molar-refractivity contribution < 1.29 is 4.79 Å². The standard InChI is InChI=1S/C13H23N5O/c1-8(2)11-12(14)16-7-17-13(11)15-6-5-10(19)18-9(3)4/h7-9H,5-6H2,1-4H3,(H,18,19)(H3,14,15,16,17). The van der Waals surface area contributed by atoms with Gasteiger partial charge < -0.3 is 16.4 Å². The maximum atomic E-state index is 11.5. The van der Waals surface area contributed by atoms with Crippen molar-refractivity contribution in [2.45, 2.75) is 46.1 Å². The van der Waals surface area contributed by atoms with Gasteiger partial charge in [0.1, 0.15) is 18.0 Å². The van der Waals surface area contributed by atoms with Crippen molar-refractivity contribution in [2.75, 3.05) is 17.6 Å². The van der Waals surface area contributed by atoms with Gasteiger partial charge in [-0.2, -0.15) is 0 Å². The molecule has 0 aliphatic carbocycles. The Balaban J connectivity index is 2.59. The number of nitrogen functional groups attached to an aromatic ring is 1. The summed E-state index contributed by atoms with van der Waals surface area (Å²) in [6.45, 7) is 8.47. The molecule has 1 amide bonds. The number of anilines is 2. The summed E-state index contributed by atoms with van der Waals surface area (Å²) >= 11 is 0. The molecule has 0 atom stereocenters. The van der Waals surface area contributed by atoms with Gasteiger partial charge in [0.15, 0.2) is 0 Å². The molecule has 1 heterocycles. The molecule has 4 N–H and O–H groups in total. The van der Waals surface area contributed by atoms with Gasteiger partial charge in [0.2, 0.25) is 5.91 Å². The van der Waals surface area contributed by atoms with E-state index >= 15 is 0 Å². The third-order valence-electron chi connectivity index (χ3n) is 2.59. The van der Waals surface area contributed by atoms with E-state index in [0.29, 0.717) is 24.6 Å². The number of amides is 1. The van der Waals surface area contributed by atoms with E-state index in [1.165, 1.54) is 6.33 Å². The van der Waals surface area contributed by atoms with Gasteiger partial charge >= 0.3 is 0 Å². The highest BCUT2D eigenvalue weighted by molar-refractivity contribution is 5.76. The molecule has 0 radical (unpaired) electrons. The van der Waals surface area contributed by atoms with E-state index in [1.807, 2.05) is 27.7 Å². The molecular weight excluding hydrogens is 242 g/mol. The van der Waals surface area contributed by atoms with Gasteiger partial charge in [0.05, 0.1) is 0 Å². The molecule has 6 heteroatoms. The van der Waals surface area contributed by atoms with E-state index < -0.39 is 0 Å². The maximum Gasteiger partial charge on any atom is 0.221 e. The van der Waals surface area contributed by atoms with Gasteiger partial charge in [-0.3, -0.25) is 4.79 Å². The highest BCUT2D eigenvalue weighted by Crippen LogP contribution is 2.25. The lowest BCUT2D eigenvalue weighted by atomic mass is 10.0. The van der Waals surface area contributed by atoms with Crippen LogP contribution < -0.4 is 16.4 Å². The lowest BCUT2D eigenvalue weighted by molar-refractivity contribution is -0.121. The highest BCUT2D eigenvalue weighted by atomic mass is 16.1. The average Bonchev–Trinajstić information content (AvgIpc) is 2.27. The van der Waals surface area contributed by atoms with Gasteiger partial charge in [-0.05, 0) is 19.8 Å². The predicted molar refractivity (Wildman–Crippen MR) is 76.9 cm³/mol. The molecule has 106 valence electrons. The molecule has 0 unspecified atom stereocenters. The lowest BCUT2D eigenvalue weighted by Crippen LogP contribution is -2.31. The first-order chi connectivity index (χ1) is 8.91. The molecule has 6 nitrogen and oxygen atoms in total. The van der Waals surface area contributed by atoms with Crippen molar-refractivity contribution in [3.63, 3.8) is 0 Å². The van der Waals surface area contributed by atoms with Crippen LogP contribution >= 0.6 is 0 Å². The fourth-order valence-corrected chi connectivity index (χ4v) is 1.81. The number of hydrogen-bond donors (Lipinski definition) is 3. The second-order valence-corrected chi connectivity index (χ2v) is 5.07. The largest absolute Gasteiger partial charge is 0.383 e. The SMILES string of the molecule is CC(C)NC(=O)CCNc1ncnc(N)c1C(C)C. The van der Waals surface area contributed by atoms with E-state index in [2.05, 4.69) is 20.6 Å². The van der Waals surface area contributed by atoms with Crippen molar-refractivity contribution in [3.05, 3.63) is 11.9 Å². The minimum atomic E-state index is 0.0237. The Hall–Kier alpha value is -1.85. The zero-order valence-corrected chi connectivity index (χ0v) is 12.0. The minimum absolute atomic E-state index is 0.0237. The molecule has 19 heavy (non-hydrogen) atoms. The molecule has 0 aliphatic rings. The normalized spacial score (nSPS) is 10.8. The Morgan fingerprint density at radius 1 is 1.32 bits per heavy atom. The lowest BCUT2D eigenvalue weighted by Gasteiger charge is -2.15.